The van der Waals surface area contributed by atoms with Crippen LogP contribution in [0.5, 0.6) is 0 Å². The SMILES string of the molecule is COC(O)C(F)C(F)F. The molecule has 0 heterocycles. The van der Waals surface area contributed by atoms with Crippen molar-refractivity contribution in [2.75, 3.05) is 7.11 Å². The highest BCUT2D eigenvalue weighted by Crippen LogP contribution is 2.09. The molecule has 0 saturated heterocycles. The first-order chi connectivity index (χ1) is 4.09. The minimum Gasteiger partial charge on any atom is -0.365 e. The fourth-order valence-electron chi connectivity index (χ4n) is 0.254. The van der Waals surface area contributed by atoms with E-state index in [0.717, 1.165) is 7.11 Å². The van der Waals surface area contributed by atoms with Crippen LogP contribution >= 0.6 is 0 Å². The molecule has 5 heteroatoms. The molecule has 0 radical (unpaired) electrons. The van der Waals surface area contributed by atoms with Crippen LogP contribution in [0.2, 0.25) is 0 Å². The molecule has 0 rings (SSSR count). The molecule has 0 aliphatic rings. The quantitative estimate of drug-likeness (QED) is 0.586. The second kappa shape index (κ2) is 3.68. The highest BCUT2D eigenvalue weighted by molar-refractivity contribution is 4.59. The second-order valence-corrected chi connectivity index (χ2v) is 1.41. The van der Waals surface area contributed by atoms with Gasteiger partial charge in [-0.15, -0.1) is 0 Å². The third-order valence-corrected chi connectivity index (χ3v) is 0.755. The molecule has 0 aromatic rings. The molecular weight excluding hydrogens is 137 g/mol. The lowest BCUT2D eigenvalue weighted by molar-refractivity contribution is -0.155. The van der Waals surface area contributed by atoms with Crippen molar-refractivity contribution in [3.05, 3.63) is 0 Å². The Bertz CT molecular complexity index is 78.2. The first-order valence-corrected chi connectivity index (χ1v) is 2.22. The summed E-state index contributed by atoms with van der Waals surface area (Å²) in [5.41, 5.74) is 0. The van der Waals surface area contributed by atoms with Crippen molar-refractivity contribution in [1.82, 2.24) is 0 Å². The number of aliphatic hydroxyl groups excluding tert-OH is 1. The molecule has 2 nitrogen and oxygen atoms in total. The fraction of sp³-hybridized carbons (Fsp3) is 1.00. The van der Waals surface area contributed by atoms with E-state index < -0.39 is 18.9 Å². The Morgan fingerprint density at radius 2 is 1.78 bits per heavy atom. The molecule has 9 heavy (non-hydrogen) atoms. The Balaban J connectivity index is 3.58. The van der Waals surface area contributed by atoms with Gasteiger partial charge >= 0.3 is 0 Å². The van der Waals surface area contributed by atoms with Gasteiger partial charge in [0.2, 0.25) is 6.17 Å². The summed E-state index contributed by atoms with van der Waals surface area (Å²) in [6.07, 6.45) is -7.83. The number of aliphatic hydroxyl groups is 1. The van der Waals surface area contributed by atoms with Crippen molar-refractivity contribution in [2.24, 2.45) is 0 Å². The van der Waals surface area contributed by atoms with Gasteiger partial charge in [-0.05, 0) is 0 Å². The van der Waals surface area contributed by atoms with E-state index in [9.17, 15) is 13.2 Å². The second-order valence-electron chi connectivity index (χ2n) is 1.41. The number of ether oxygens (including phenoxy) is 1. The van der Waals surface area contributed by atoms with Crippen LogP contribution in [0.25, 0.3) is 0 Å². The molecule has 0 aromatic carbocycles. The normalized spacial score (nSPS) is 18.0. The maximum atomic E-state index is 11.8. The third kappa shape index (κ3) is 2.67. The molecule has 56 valence electrons. The summed E-state index contributed by atoms with van der Waals surface area (Å²) in [7, 11) is 0.944. The first kappa shape index (κ1) is 8.71. The van der Waals surface area contributed by atoms with Crippen molar-refractivity contribution in [2.45, 2.75) is 18.9 Å². The van der Waals surface area contributed by atoms with Gasteiger partial charge in [0.05, 0.1) is 0 Å². The van der Waals surface area contributed by atoms with E-state index in [1.165, 1.54) is 0 Å². The molecule has 1 N–H and O–H groups in total. The van der Waals surface area contributed by atoms with E-state index >= 15 is 0 Å². The molecule has 0 bridgehead atoms. The maximum absolute atomic E-state index is 11.8. The Hall–Kier alpha value is -0.290. The van der Waals surface area contributed by atoms with Crippen LogP contribution in [-0.2, 0) is 4.74 Å². The van der Waals surface area contributed by atoms with Crippen molar-refractivity contribution < 1.29 is 23.0 Å². The minimum absolute atomic E-state index is 0.944. The van der Waals surface area contributed by atoms with Gasteiger partial charge in [0.1, 0.15) is 0 Å². The molecular formula is C4H7F3O2. The van der Waals surface area contributed by atoms with Crippen LogP contribution in [-0.4, -0.2) is 31.1 Å². The number of hydrogen-bond acceptors (Lipinski definition) is 2. The standard InChI is InChI=1S/C4H7F3O2/c1-9-4(8)2(5)3(6)7/h2-4,8H,1H3. The lowest BCUT2D eigenvalue weighted by atomic mass is 10.4. The molecule has 0 spiro atoms. The van der Waals surface area contributed by atoms with Crippen LogP contribution in [0.1, 0.15) is 0 Å². The van der Waals surface area contributed by atoms with Crippen LogP contribution in [0.3, 0.4) is 0 Å². The van der Waals surface area contributed by atoms with E-state index in [4.69, 9.17) is 5.11 Å². The molecule has 0 amide bonds. The van der Waals surface area contributed by atoms with Gasteiger partial charge in [-0.25, -0.2) is 13.2 Å². The fourth-order valence-corrected chi connectivity index (χ4v) is 0.254. The van der Waals surface area contributed by atoms with Crippen molar-refractivity contribution in [1.29, 1.82) is 0 Å². The molecule has 0 aliphatic heterocycles. The Morgan fingerprint density at radius 1 is 1.33 bits per heavy atom. The molecule has 2 atom stereocenters. The molecule has 0 aliphatic carbocycles. The van der Waals surface area contributed by atoms with Gasteiger partial charge in [0, 0.05) is 7.11 Å². The lowest BCUT2D eigenvalue weighted by Crippen LogP contribution is -2.29. The summed E-state index contributed by atoms with van der Waals surface area (Å²) in [6.45, 7) is 0. The highest BCUT2D eigenvalue weighted by atomic mass is 19.3. The van der Waals surface area contributed by atoms with Gasteiger partial charge < -0.3 is 9.84 Å². The Kier molecular flexibility index (Phi) is 3.56. The summed E-state index contributed by atoms with van der Waals surface area (Å²) < 4.78 is 38.2. The Morgan fingerprint density at radius 3 is 1.89 bits per heavy atom. The smallest absolute Gasteiger partial charge is 0.274 e. The number of hydrogen-bond donors (Lipinski definition) is 1. The minimum atomic E-state index is -3.19. The van der Waals surface area contributed by atoms with E-state index in [1.807, 2.05) is 0 Å². The van der Waals surface area contributed by atoms with Crippen LogP contribution < -0.4 is 0 Å². The monoisotopic (exact) mass is 144 g/mol. The van der Waals surface area contributed by atoms with E-state index in [2.05, 4.69) is 4.74 Å². The van der Waals surface area contributed by atoms with Gasteiger partial charge in [0.25, 0.3) is 6.43 Å². The highest BCUT2D eigenvalue weighted by Gasteiger charge is 2.27. The van der Waals surface area contributed by atoms with Crippen LogP contribution in [0.15, 0.2) is 0 Å². The number of alkyl halides is 3. The molecule has 0 aromatic heterocycles. The zero-order chi connectivity index (χ0) is 7.44. The van der Waals surface area contributed by atoms with Gasteiger partial charge in [-0.3, -0.25) is 0 Å². The maximum Gasteiger partial charge on any atom is 0.274 e. The average Bonchev–Trinajstić information content (AvgIpc) is 1.84. The topological polar surface area (TPSA) is 29.5 Å². The number of halogens is 3. The number of rotatable bonds is 3. The predicted molar refractivity (Wildman–Crippen MR) is 23.9 cm³/mol. The first-order valence-electron chi connectivity index (χ1n) is 2.22. The Labute approximate surface area is 50.2 Å². The zero-order valence-corrected chi connectivity index (χ0v) is 4.72. The predicted octanol–water partition coefficient (Wildman–Crippen LogP) is 0.554. The van der Waals surface area contributed by atoms with Crippen LogP contribution in [0, 0.1) is 0 Å². The lowest BCUT2D eigenvalue weighted by Gasteiger charge is -2.11. The average molecular weight is 144 g/mol. The van der Waals surface area contributed by atoms with Crippen molar-refractivity contribution in [3.63, 3.8) is 0 Å². The van der Waals surface area contributed by atoms with E-state index in [1.54, 1.807) is 0 Å². The summed E-state index contributed by atoms with van der Waals surface area (Å²) in [6, 6.07) is 0. The third-order valence-electron chi connectivity index (χ3n) is 0.755. The largest absolute Gasteiger partial charge is 0.365 e. The molecule has 0 saturated carbocycles. The van der Waals surface area contributed by atoms with Gasteiger partial charge in [0.15, 0.2) is 6.29 Å². The summed E-state index contributed by atoms with van der Waals surface area (Å²) in [5.74, 6) is 0. The van der Waals surface area contributed by atoms with E-state index in [-0.39, 0.29) is 0 Å². The van der Waals surface area contributed by atoms with Gasteiger partial charge in [-0.2, -0.15) is 0 Å². The van der Waals surface area contributed by atoms with Crippen molar-refractivity contribution in [3.8, 4) is 0 Å². The summed E-state index contributed by atoms with van der Waals surface area (Å²) in [5, 5.41) is 8.22. The van der Waals surface area contributed by atoms with Crippen molar-refractivity contribution >= 4 is 0 Å². The zero-order valence-electron chi connectivity index (χ0n) is 4.72. The summed E-state index contributed by atoms with van der Waals surface area (Å²) in [4.78, 5) is 0. The van der Waals surface area contributed by atoms with Crippen LogP contribution in [0.4, 0.5) is 13.2 Å². The molecule has 2 unspecified atom stereocenters. The van der Waals surface area contributed by atoms with E-state index in [0.29, 0.717) is 0 Å². The molecule has 0 fully saturated rings. The summed E-state index contributed by atoms with van der Waals surface area (Å²) >= 11 is 0. The van der Waals surface area contributed by atoms with Gasteiger partial charge in [-0.1, -0.05) is 0 Å². The number of methoxy groups -OCH3 is 1.